The number of anilines is 1. The van der Waals surface area contributed by atoms with Crippen LogP contribution in [0, 0.1) is 5.82 Å². The van der Waals surface area contributed by atoms with E-state index in [9.17, 15) is 9.18 Å². The second-order valence-electron chi connectivity index (χ2n) is 6.09. The molecule has 2 aliphatic rings. The molecule has 1 N–H and O–H groups in total. The zero-order valence-electron chi connectivity index (χ0n) is 13.3. The van der Waals surface area contributed by atoms with Crippen molar-refractivity contribution in [3.63, 3.8) is 0 Å². The standard InChI is InChI=1S/C17H18FN3O3/c1-23-16-6-10-12(7-11(16)18)19-4-2-14(10)21-5-3-15-13(8-21)20-17(22)9-24-15/h2,4,6-7,13,15H,3,5,8-9H2,1H3,(H,20,22)/t13-,15-/m0/s1. The van der Waals surface area contributed by atoms with Crippen molar-refractivity contribution < 1.29 is 18.7 Å². The summed E-state index contributed by atoms with van der Waals surface area (Å²) in [6, 6.07) is 4.93. The van der Waals surface area contributed by atoms with Crippen molar-refractivity contribution in [2.24, 2.45) is 0 Å². The number of amides is 1. The topological polar surface area (TPSA) is 63.7 Å². The Balaban J connectivity index is 1.70. The number of aromatic nitrogens is 1. The smallest absolute Gasteiger partial charge is 0.246 e. The molecule has 2 atom stereocenters. The molecule has 2 saturated heterocycles. The summed E-state index contributed by atoms with van der Waals surface area (Å²) >= 11 is 0. The van der Waals surface area contributed by atoms with Crippen LogP contribution >= 0.6 is 0 Å². The number of carbonyl (C=O) groups excluding carboxylic acids is 1. The van der Waals surface area contributed by atoms with Crippen molar-refractivity contribution in [1.29, 1.82) is 0 Å². The van der Waals surface area contributed by atoms with Gasteiger partial charge in [0.05, 0.1) is 24.8 Å². The van der Waals surface area contributed by atoms with Crippen LogP contribution in [0.4, 0.5) is 10.1 Å². The van der Waals surface area contributed by atoms with Gasteiger partial charge in [0, 0.05) is 36.4 Å². The van der Waals surface area contributed by atoms with Gasteiger partial charge in [-0.15, -0.1) is 0 Å². The quantitative estimate of drug-likeness (QED) is 0.903. The molecule has 126 valence electrons. The highest BCUT2D eigenvalue weighted by molar-refractivity contribution is 5.92. The molecule has 0 saturated carbocycles. The number of benzene rings is 1. The number of methoxy groups -OCH3 is 1. The molecule has 0 radical (unpaired) electrons. The zero-order chi connectivity index (χ0) is 16.7. The van der Waals surface area contributed by atoms with E-state index in [4.69, 9.17) is 9.47 Å². The van der Waals surface area contributed by atoms with E-state index in [0.29, 0.717) is 12.1 Å². The molecule has 24 heavy (non-hydrogen) atoms. The van der Waals surface area contributed by atoms with Crippen LogP contribution in [0.2, 0.25) is 0 Å². The fraction of sp³-hybridized carbons (Fsp3) is 0.412. The second kappa shape index (κ2) is 5.90. The fourth-order valence-corrected chi connectivity index (χ4v) is 3.48. The summed E-state index contributed by atoms with van der Waals surface area (Å²) in [6.45, 7) is 1.58. The largest absolute Gasteiger partial charge is 0.494 e. The number of rotatable bonds is 2. The number of hydrogen-bond donors (Lipinski definition) is 1. The Morgan fingerprint density at radius 3 is 3.17 bits per heavy atom. The molecule has 1 amide bonds. The van der Waals surface area contributed by atoms with Gasteiger partial charge in [0.1, 0.15) is 6.61 Å². The summed E-state index contributed by atoms with van der Waals surface area (Å²) in [4.78, 5) is 18.0. The molecule has 0 aliphatic carbocycles. The SMILES string of the molecule is COc1cc2c(N3CC[C@@H]4OCC(=O)N[C@H]4C3)ccnc2cc1F. The van der Waals surface area contributed by atoms with Crippen molar-refractivity contribution in [3.8, 4) is 5.75 Å². The average Bonchev–Trinajstić information content (AvgIpc) is 2.59. The molecule has 7 heteroatoms. The first-order valence-corrected chi connectivity index (χ1v) is 7.94. The molecule has 2 fully saturated rings. The average molecular weight is 331 g/mol. The van der Waals surface area contributed by atoms with Crippen LogP contribution in [0.5, 0.6) is 5.75 Å². The van der Waals surface area contributed by atoms with E-state index in [2.05, 4.69) is 15.2 Å². The molecule has 1 aromatic carbocycles. The lowest BCUT2D eigenvalue weighted by atomic mass is 9.99. The summed E-state index contributed by atoms with van der Waals surface area (Å²) in [7, 11) is 1.45. The minimum atomic E-state index is -0.429. The monoisotopic (exact) mass is 331 g/mol. The van der Waals surface area contributed by atoms with Gasteiger partial charge in [-0.1, -0.05) is 0 Å². The van der Waals surface area contributed by atoms with Gasteiger partial charge in [-0.25, -0.2) is 4.39 Å². The van der Waals surface area contributed by atoms with E-state index in [1.165, 1.54) is 13.2 Å². The van der Waals surface area contributed by atoms with Crippen LogP contribution in [-0.2, 0) is 9.53 Å². The number of carbonyl (C=O) groups is 1. The van der Waals surface area contributed by atoms with Crippen LogP contribution in [0.15, 0.2) is 24.4 Å². The highest BCUT2D eigenvalue weighted by Crippen LogP contribution is 2.32. The molecule has 4 rings (SSSR count). The van der Waals surface area contributed by atoms with E-state index in [1.54, 1.807) is 12.3 Å². The van der Waals surface area contributed by atoms with E-state index < -0.39 is 5.82 Å². The van der Waals surface area contributed by atoms with E-state index in [1.807, 2.05) is 6.07 Å². The molecule has 0 unspecified atom stereocenters. The molecule has 2 aliphatic heterocycles. The lowest BCUT2D eigenvalue weighted by Gasteiger charge is -2.42. The molecule has 0 spiro atoms. The Kier molecular flexibility index (Phi) is 3.72. The van der Waals surface area contributed by atoms with E-state index >= 15 is 0 Å². The molecule has 0 bridgehead atoms. The second-order valence-corrected chi connectivity index (χ2v) is 6.09. The third kappa shape index (κ3) is 2.54. The number of nitrogens with zero attached hydrogens (tertiary/aromatic N) is 2. The van der Waals surface area contributed by atoms with Gasteiger partial charge in [-0.3, -0.25) is 9.78 Å². The highest BCUT2D eigenvalue weighted by atomic mass is 19.1. The summed E-state index contributed by atoms with van der Waals surface area (Å²) in [6.07, 6.45) is 2.55. The molecular formula is C17H18FN3O3. The fourth-order valence-electron chi connectivity index (χ4n) is 3.48. The summed E-state index contributed by atoms with van der Waals surface area (Å²) in [5.74, 6) is -0.316. The molecule has 3 heterocycles. The van der Waals surface area contributed by atoms with Gasteiger partial charge >= 0.3 is 0 Å². The zero-order valence-corrected chi connectivity index (χ0v) is 13.3. The van der Waals surface area contributed by atoms with E-state index in [-0.39, 0.29) is 30.4 Å². The van der Waals surface area contributed by atoms with Gasteiger partial charge in [0.2, 0.25) is 5.91 Å². The number of piperidine rings is 1. The maximum Gasteiger partial charge on any atom is 0.246 e. The van der Waals surface area contributed by atoms with Gasteiger partial charge in [0.25, 0.3) is 0 Å². The Hall–Kier alpha value is -2.41. The number of halogens is 1. The van der Waals surface area contributed by atoms with Crippen LogP contribution in [0.1, 0.15) is 6.42 Å². The first-order valence-electron chi connectivity index (χ1n) is 7.94. The normalized spacial score (nSPS) is 23.8. The van der Waals surface area contributed by atoms with Crippen LogP contribution in [0.25, 0.3) is 10.9 Å². The van der Waals surface area contributed by atoms with Crippen molar-refractivity contribution in [2.45, 2.75) is 18.6 Å². The van der Waals surface area contributed by atoms with Crippen molar-refractivity contribution in [3.05, 3.63) is 30.2 Å². The van der Waals surface area contributed by atoms with Crippen molar-refractivity contribution in [1.82, 2.24) is 10.3 Å². The van der Waals surface area contributed by atoms with Gasteiger partial charge < -0.3 is 19.7 Å². The number of hydrogen-bond acceptors (Lipinski definition) is 5. The lowest BCUT2D eigenvalue weighted by molar-refractivity contribution is -0.137. The summed E-state index contributed by atoms with van der Waals surface area (Å²) < 4.78 is 24.6. The van der Waals surface area contributed by atoms with Crippen molar-refractivity contribution >= 4 is 22.5 Å². The summed E-state index contributed by atoms with van der Waals surface area (Å²) in [5, 5.41) is 3.82. The molecule has 6 nitrogen and oxygen atoms in total. The number of fused-ring (bicyclic) bond motifs is 2. The first kappa shape index (κ1) is 15.1. The van der Waals surface area contributed by atoms with Crippen LogP contribution < -0.4 is 15.0 Å². The maximum absolute atomic E-state index is 13.9. The van der Waals surface area contributed by atoms with E-state index in [0.717, 1.165) is 24.0 Å². The number of pyridine rings is 1. The van der Waals surface area contributed by atoms with Gasteiger partial charge in [-0.2, -0.15) is 0 Å². The van der Waals surface area contributed by atoms with Gasteiger partial charge in [-0.05, 0) is 18.6 Å². The number of nitrogens with one attached hydrogen (secondary N) is 1. The minimum Gasteiger partial charge on any atom is -0.494 e. The third-order valence-electron chi connectivity index (χ3n) is 4.66. The van der Waals surface area contributed by atoms with Gasteiger partial charge in [0.15, 0.2) is 11.6 Å². The Bertz CT molecular complexity index is 798. The molecular weight excluding hydrogens is 313 g/mol. The first-order chi connectivity index (χ1) is 11.7. The van der Waals surface area contributed by atoms with Crippen LogP contribution in [0.3, 0.4) is 0 Å². The Morgan fingerprint density at radius 2 is 2.33 bits per heavy atom. The summed E-state index contributed by atoms with van der Waals surface area (Å²) in [5.41, 5.74) is 1.54. The predicted molar refractivity (Wildman–Crippen MR) is 86.8 cm³/mol. The van der Waals surface area contributed by atoms with Crippen molar-refractivity contribution in [2.75, 3.05) is 31.7 Å². The Morgan fingerprint density at radius 1 is 1.46 bits per heavy atom. The minimum absolute atomic E-state index is 0.0365. The molecule has 2 aromatic rings. The third-order valence-corrected chi connectivity index (χ3v) is 4.66. The highest BCUT2D eigenvalue weighted by Gasteiger charge is 2.35. The molecule has 1 aromatic heterocycles. The van der Waals surface area contributed by atoms with Crippen LogP contribution in [-0.4, -0.2) is 49.8 Å². The maximum atomic E-state index is 13.9. The number of ether oxygens (including phenoxy) is 2. The Labute approximate surface area is 138 Å². The predicted octanol–water partition coefficient (Wildman–Crippen LogP) is 1.48. The number of morpholine rings is 1. The lowest BCUT2D eigenvalue weighted by Crippen LogP contribution is -2.60.